The Morgan fingerprint density at radius 1 is 1.22 bits per heavy atom. The standard InChI is InChI=1S/C16H21N5O2/c1-11(22)12-4-6-13(7-5-12)21-16-14(17)15(19-10-20-16)18-8-3-9-23-2/h4-7,10H,3,8-9,17H2,1-2H3,(H2,18,19,20,21). The van der Waals surface area contributed by atoms with Crippen molar-refractivity contribution in [1.82, 2.24) is 9.97 Å². The first-order valence-corrected chi connectivity index (χ1v) is 7.33. The van der Waals surface area contributed by atoms with Crippen molar-refractivity contribution in [3.8, 4) is 0 Å². The van der Waals surface area contributed by atoms with E-state index in [1.807, 2.05) is 12.1 Å². The molecule has 23 heavy (non-hydrogen) atoms. The first kappa shape index (κ1) is 16.7. The average Bonchev–Trinajstić information content (AvgIpc) is 2.55. The van der Waals surface area contributed by atoms with Crippen molar-refractivity contribution in [3.05, 3.63) is 36.2 Å². The number of aromatic nitrogens is 2. The zero-order valence-corrected chi connectivity index (χ0v) is 13.3. The van der Waals surface area contributed by atoms with Crippen LogP contribution in [0.15, 0.2) is 30.6 Å². The summed E-state index contributed by atoms with van der Waals surface area (Å²) in [7, 11) is 1.67. The number of ether oxygens (including phenoxy) is 1. The fraction of sp³-hybridized carbons (Fsp3) is 0.312. The maximum absolute atomic E-state index is 11.3. The van der Waals surface area contributed by atoms with E-state index in [0.717, 1.165) is 12.1 Å². The van der Waals surface area contributed by atoms with Gasteiger partial charge in [-0.3, -0.25) is 4.79 Å². The van der Waals surface area contributed by atoms with E-state index >= 15 is 0 Å². The molecule has 0 saturated heterocycles. The second kappa shape index (κ2) is 8.09. The van der Waals surface area contributed by atoms with Crippen LogP contribution in [0.5, 0.6) is 0 Å². The van der Waals surface area contributed by atoms with Crippen molar-refractivity contribution < 1.29 is 9.53 Å². The van der Waals surface area contributed by atoms with Crippen LogP contribution < -0.4 is 16.4 Å². The molecule has 7 nitrogen and oxygen atoms in total. The van der Waals surface area contributed by atoms with E-state index in [4.69, 9.17) is 10.5 Å². The van der Waals surface area contributed by atoms with Gasteiger partial charge in [-0.05, 0) is 37.6 Å². The summed E-state index contributed by atoms with van der Waals surface area (Å²) < 4.78 is 5.00. The van der Waals surface area contributed by atoms with Gasteiger partial charge < -0.3 is 21.1 Å². The lowest BCUT2D eigenvalue weighted by Gasteiger charge is -2.12. The molecule has 122 valence electrons. The predicted molar refractivity (Wildman–Crippen MR) is 91.2 cm³/mol. The molecule has 0 unspecified atom stereocenters. The number of methoxy groups -OCH3 is 1. The van der Waals surface area contributed by atoms with E-state index in [-0.39, 0.29) is 5.78 Å². The van der Waals surface area contributed by atoms with Crippen molar-refractivity contribution in [2.24, 2.45) is 0 Å². The van der Waals surface area contributed by atoms with E-state index < -0.39 is 0 Å². The molecule has 0 aliphatic carbocycles. The summed E-state index contributed by atoms with van der Waals surface area (Å²) in [6, 6.07) is 7.13. The Morgan fingerprint density at radius 2 is 1.91 bits per heavy atom. The lowest BCUT2D eigenvalue weighted by Crippen LogP contribution is -2.10. The van der Waals surface area contributed by atoms with E-state index in [9.17, 15) is 4.79 Å². The Morgan fingerprint density at radius 3 is 2.57 bits per heavy atom. The summed E-state index contributed by atoms with van der Waals surface area (Å²) in [5.74, 6) is 1.13. The third-order valence-corrected chi connectivity index (χ3v) is 3.26. The number of nitrogen functional groups attached to an aromatic ring is 1. The van der Waals surface area contributed by atoms with Gasteiger partial charge in [-0.15, -0.1) is 0 Å². The first-order chi connectivity index (χ1) is 11.1. The number of nitrogens with one attached hydrogen (secondary N) is 2. The molecule has 1 aromatic carbocycles. The predicted octanol–water partition coefficient (Wildman–Crippen LogP) is 2.45. The van der Waals surface area contributed by atoms with E-state index in [1.54, 1.807) is 19.2 Å². The highest BCUT2D eigenvalue weighted by Crippen LogP contribution is 2.25. The molecular formula is C16H21N5O2. The molecule has 2 aromatic rings. The van der Waals surface area contributed by atoms with Crippen LogP contribution in [0.1, 0.15) is 23.7 Å². The summed E-state index contributed by atoms with van der Waals surface area (Å²) in [5, 5.41) is 6.29. The molecule has 0 saturated carbocycles. The SMILES string of the molecule is COCCCNc1ncnc(Nc2ccc(C(C)=O)cc2)c1N. The zero-order valence-electron chi connectivity index (χ0n) is 13.3. The van der Waals surface area contributed by atoms with Crippen LogP contribution in [-0.4, -0.2) is 36.0 Å². The van der Waals surface area contributed by atoms with Crippen molar-refractivity contribution >= 4 is 28.8 Å². The van der Waals surface area contributed by atoms with Gasteiger partial charge in [-0.25, -0.2) is 9.97 Å². The van der Waals surface area contributed by atoms with E-state index in [2.05, 4.69) is 20.6 Å². The molecule has 0 aliphatic rings. The molecule has 0 radical (unpaired) electrons. The fourth-order valence-electron chi connectivity index (χ4n) is 1.98. The van der Waals surface area contributed by atoms with Gasteiger partial charge in [0.25, 0.3) is 0 Å². The highest BCUT2D eigenvalue weighted by atomic mass is 16.5. The quantitative estimate of drug-likeness (QED) is 0.508. The number of rotatable bonds is 8. The van der Waals surface area contributed by atoms with Crippen LogP contribution in [0.4, 0.5) is 23.0 Å². The summed E-state index contributed by atoms with van der Waals surface area (Å²) >= 11 is 0. The monoisotopic (exact) mass is 315 g/mol. The number of ketones is 1. The minimum Gasteiger partial charge on any atom is -0.393 e. The molecule has 0 atom stereocenters. The molecule has 0 fully saturated rings. The van der Waals surface area contributed by atoms with Crippen LogP contribution in [0.2, 0.25) is 0 Å². The Kier molecular flexibility index (Phi) is 5.87. The lowest BCUT2D eigenvalue weighted by atomic mass is 10.1. The number of nitrogens with two attached hydrogens (primary N) is 1. The van der Waals surface area contributed by atoms with Crippen LogP contribution in [-0.2, 0) is 4.74 Å². The number of carbonyl (C=O) groups excluding carboxylic acids is 1. The van der Waals surface area contributed by atoms with Crippen LogP contribution in [0.3, 0.4) is 0 Å². The minimum absolute atomic E-state index is 0.0284. The molecule has 1 aromatic heterocycles. The Hall–Kier alpha value is -2.67. The van der Waals surface area contributed by atoms with Crippen molar-refractivity contribution in [1.29, 1.82) is 0 Å². The fourth-order valence-corrected chi connectivity index (χ4v) is 1.98. The van der Waals surface area contributed by atoms with E-state index in [1.165, 1.54) is 13.3 Å². The normalized spacial score (nSPS) is 10.3. The zero-order chi connectivity index (χ0) is 16.7. The summed E-state index contributed by atoms with van der Waals surface area (Å²) in [6.45, 7) is 2.92. The van der Waals surface area contributed by atoms with Crippen LogP contribution in [0, 0.1) is 0 Å². The average molecular weight is 315 g/mol. The van der Waals surface area contributed by atoms with Gasteiger partial charge >= 0.3 is 0 Å². The number of benzene rings is 1. The van der Waals surface area contributed by atoms with Gasteiger partial charge in [0.2, 0.25) is 0 Å². The molecule has 0 amide bonds. The second-order valence-electron chi connectivity index (χ2n) is 5.02. The second-order valence-corrected chi connectivity index (χ2v) is 5.02. The molecule has 7 heteroatoms. The summed E-state index contributed by atoms with van der Waals surface area (Å²) in [5.41, 5.74) is 7.99. The van der Waals surface area contributed by atoms with Crippen molar-refractivity contribution in [2.45, 2.75) is 13.3 Å². The first-order valence-electron chi connectivity index (χ1n) is 7.33. The minimum atomic E-state index is 0.0284. The van der Waals surface area contributed by atoms with Gasteiger partial charge in [0, 0.05) is 31.5 Å². The molecule has 2 rings (SSSR count). The lowest BCUT2D eigenvalue weighted by molar-refractivity contribution is 0.101. The number of nitrogens with zero attached hydrogens (tertiary/aromatic N) is 2. The van der Waals surface area contributed by atoms with Crippen molar-refractivity contribution in [2.75, 3.05) is 36.6 Å². The Balaban J connectivity index is 2.06. The highest BCUT2D eigenvalue weighted by molar-refractivity contribution is 5.94. The largest absolute Gasteiger partial charge is 0.393 e. The topological polar surface area (TPSA) is 102 Å². The summed E-state index contributed by atoms with van der Waals surface area (Å²) in [4.78, 5) is 19.6. The third-order valence-electron chi connectivity index (χ3n) is 3.26. The third kappa shape index (κ3) is 4.65. The van der Waals surface area contributed by atoms with Gasteiger partial charge in [-0.1, -0.05) is 0 Å². The maximum Gasteiger partial charge on any atom is 0.159 e. The molecular weight excluding hydrogens is 294 g/mol. The van der Waals surface area contributed by atoms with Crippen LogP contribution in [0.25, 0.3) is 0 Å². The maximum atomic E-state index is 11.3. The molecule has 0 bridgehead atoms. The molecule has 0 spiro atoms. The van der Waals surface area contributed by atoms with E-state index in [0.29, 0.717) is 36.0 Å². The summed E-state index contributed by atoms with van der Waals surface area (Å²) in [6.07, 6.45) is 2.30. The Labute approximate surface area is 135 Å². The highest BCUT2D eigenvalue weighted by Gasteiger charge is 2.08. The molecule has 1 heterocycles. The van der Waals surface area contributed by atoms with Gasteiger partial charge in [0.15, 0.2) is 17.4 Å². The number of hydrogen-bond acceptors (Lipinski definition) is 7. The molecule has 0 aliphatic heterocycles. The number of Topliss-reactive ketones (excluding diaryl/α,β-unsaturated/α-hetero) is 1. The van der Waals surface area contributed by atoms with Crippen molar-refractivity contribution in [3.63, 3.8) is 0 Å². The Bertz CT molecular complexity index is 658. The number of anilines is 4. The van der Waals surface area contributed by atoms with Gasteiger partial charge in [0.05, 0.1) is 0 Å². The number of carbonyl (C=O) groups is 1. The van der Waals surface area contributed by atoms with Crippen LogP contribution >= 0.6 is 0 Å². The number of hydrogen-bond donors (Lipinski definition) is 3. The van der Waals surface area contributed by atoms with Gasteiger partial charge in [0.1, 0.15) is 12.0 Å². The smallest absolute Gasteiger partial charge is 0.159 e. The molecule has 4 N–H and O–H groups in total. The van der Waals surface area contributed by atoms with Gasteiger partial charge in [-0.2, -0.15) is 0 Å².